The molecule has 2 atom stereocenters. The van der Waals surface area contributed by atoms with Crippen LogP contribution in [-0.2, 0) is 20.7 Å². The van der Waals surface area contributed by atoms with Gasteiger partial charge >= 0.3 is 5.97 Å². The molecule has 0 aliphatic heterocycles. The maximum atomic E-state index is 12.5. The van der Waals surface area contributed by atoms with Crippen molar-refractivity contribution >= 4 is 18.0 Å². The highest BCUT2D eigenvalue weighted by Gasteiger charge is 2.24. The molecule has 1 aliphatic carbocycles. The van der Waals surface area contributed by atoms with Crippen molar-refractivity contribution in [2.75, 3.05) is 0 Å². The zero-order valence-electron chi connectivity index (χ0n) is 15.8. The lowest BCUT2D eigenvalue weighted by molar-refractivity contribution is -0.150. The molecule has 4 heteroatoms. The van der Waals surface area contributed by atoms with Gasteiger partial charge in [0.15, 0.2) is 6.10 Å². The van der Waals surface area contributed by atoms with Gasteiger partial charge in [-0.3, -0.25) is 4.79 Å². The third kappa shape index (κ3) is 5.07. The molecule has 0 saturated heterocycles. The van der Waals surface area contributed by atoms with E-state index in [1.807, 2.05) is 43.3 Å². The molecule has 0 saturated carbocycles. The summed E-state index contributed by atoms with van der Waals surface area (Å²) in [6, 6.07) is 16.0. The first kappa shape index (κ1) is 18.9. The standard InChI is InChI=1S/C23H25NO3/c1-16-10-12-18(13-11-16)14-15-22(25)27-17(2)23(26)24-21-9-5-7-19-6-3-4-8-20(19)21/h3-4,6,8,10-15,17,21H,5,7,9H2,1-2H3,(H,24,26)/b15-14+/t17-,21+/m1/s1. The van der Waals surface area contributed by atoms with Crippen molar-refractivity contribution in [2.24, 2.45) is 0 Å². The molecule has 27 heavy (non-hydrogen) atoms. The summed E-state index contributed by atoms with van der Waals surface area (Å²) in [5.74, 6) is -0.795. The Morgan fingerprint density at radius 2 is 1.89 bits per heavy atom. The summed E-state index contributed by atoms with van der Waals surface area (Å²) in [6.07, 6.45) is 5.17. The summed E-state index contributed by atoms with van der Waals surface area (Å²) in [5, 5.41) is 3.02. The number of esters is 1. The van der Waals surface area contributed by atoms with E-state index in [4.69, 9.17) is 4.74 Å². The number of fused-ring (bicyclic) bond motifs is 1. The van der Waals surface area contributed by atoms with Gasteiger partial charge < -0.3 is 10.1 Å². The van der Waals surface area contributed by atoms with Gasteiger partial charge in [-0.1, -0.05) is 54.1 Å². The predicted octanol–water partition coefficient (Wildman–Crippen LogP) is 4.13. The summed E-state index contributed by atoms with van der Waals surface area (Å²) in [7, 11) is 0. The summed E-state index contributed by atoms with van der Waals surface area (Å²) < 4.78 is 5.25. The number of amides is 1. The number of nitrogens with one attached hydrogen (secondary N) is 1. The van der Waals surface area contributed by atoms with Gasteiger partial charge in [-0.15, -0.1) is 0 Å². The van der Waals surface area contributed by atoms with Crippen LogP contribution in [0.1, 0.15) is 48.1 Å². The second-order valence-electron chi connectivity index (χ2n) is 6.98. The molecule has 1 aliphatic rings. The normalized spacial score (nSPS) is 17.2. The molecule has 0 fully saturated rings. The molecule has 2 aromatic rings. The summed E-state index contributed by atoms with van der Waals surface area (Å²) >= 11 is 0. The Kier molecular flexibility index (Phi) is 6.07. The fourth-order valence-electron chi connectivity index (χ4n) is 3.30. The Balaban J connectivity index is 1.55. The molecule has 0 radical (unpaired) electrons. The van der Waals surface area contributed by atoms with E-state index in [0.717, 1.165) is 36.0 Å². The van der Waals surface area contributed by atoms with E-state index in [1.165, 1.54) is 11.6 Å². The van der Waals surface area contributed by atoms with Crippen LogP contribution in [0.5, 0.6) is 0 Å². The predicted molar refractivity (Wildman–Crippen MR) is 106 cm³/mol. The maximum absolute atomic E-state index is 12.5. The van der Waals surface area contributed by atoms with Crippen LogP contribution in [0, 0.1) is 6.92 Å². The van der Waals surface area contributed by atoms with Crippen molar-refractivity contribution in [3.8, 4) is 0 Å². The first-order chi connectivity index (χ1) is 13.0. The topological polar surface area (TPSA) is 55.4 Å². The van der Waals surface area contributed by atoms with Crippen LogP contribution in [0.15, 0.2) is 54.6 Å². The lowest BCUT2D eigenvalue weighted by atomic mass is 9.87. The first-order valence-corrected chi connectivity index (χ1v) is 9.36. The molecule has 0 bridgehead atoms. The van der Waals surface area contributed by atoms with Gasteiger partial charge in [-0.05, 0) is 55.9 Å². The van der Waals surface area contributed by atoms with E-state index < -0.39 is 12.1 Å². The van der Waals surface area contributed by atoms with Crippen molar-refractivity contribution in [3.05, 3.63) is 76.9 Å². The van der Waals surface area contributed by atoms with Gasteiger partial charge in [0.2, 0.25) is 0 Å². The number of rotatable bonds is 5. The molecule has 0 spiro atoms. The van der Waals surface area contributed by atoms with Crippen LogP contribution in [0.25, 0.3) is 6.08 Å². The quantitative estimate of drug-likeness (QED) is 0.642. The van der Waals surface area contributed by atoms with Crippen LogP contribution in [0.3, 0.4) is 0 Å². The van der Waals surface area contributed by atoms with Crippen molar-refractivity contribution in [2.45, 2.75) is 45.3 Å². The molecule has 0 heterocycles. The van der Waals surface area contributed by atoms with Crippen molar-refractivity contribution in [1.82, 2.24) is 5.32 Å². The Bertz CT molecular complexity index is 839. The van der Waals surface area contributed by atoms with E-state index in [9.17, 15) is 9.59 Å². The molecule has 1 amide bonds. The largest absolute Gasteiger partial charge is 0.449 e. The Hall–Kier alpha value is -2.88. The SMILES string of the molecule is Cc1ccc(/C=C/C(=O)O[C@H](C)C(=O)N[C@H]2CCCc3ccccc32)cc1. The molecule has 3 rings (SSSR count). The average molecular weight is 363 g/mol. The second-order valence-corrected chi connectivity index (χ2v) is 6.98. The lowest BCUT2D eigenvalue weighted by Gasteiger charge is -2.27. The highest BCUT2D eigenvalue weighted by Crippen LogP contribution is 2.29. The highest BCUT2D eigenvalue weighted by molar-refractivity contribution is 5.90. The van der Waals surface area contributed by atoms with Gasteiger partial charge in [0.25, 0.3) is 5.91 Å². The molecular formula is C23H25NO3. The second kappa shape index (κ2) is 8.67. The van der Waals surface area contributed by atoms with Crippen LogP contribution in [0.2, 0.25) is 0 Å². The number of hydrogen-bond acceptors (Lipinski definition) is 3. The number of benzene rings is 2. The van der Waals surface area contributed by atoms with Gasteiger partial charge in [0, 0.05) is 6.08 Å². The van der Waals surface area contributed by atoms with Crippen LogP contribution < -0.4 is 5.32 Å². The van der Waals surface area contributed by atoms with Crippen molar-refractivity contribution in [1.29, 1.82) is 0 Å². The summed E-state index contributed by atoms with van der Waals surface area (Å²) in [5.41, 5.74) is 4.51. The fraction of sp³-hybridized carbons (Fsp3) is 0.304. The smallest absolute Gasteiger partial charge is 0.331 e. The monoisotopic (exact) mass is 363 g/mol. The molecule has 0 aromatic heterocycles. The van der Waals surface area contributed by atoms with Crippen LogP contribution in [-0.4, -0.2) is 18.0 Å². The number of carbonyl (C=O) groups is 2. The van der Waals surface area contributed by atoms with E-state index in [2.05, 4.69) is 17.4 Å². The Labute approximate surface area is 160 Å². The fourth-order valence-corrected chi connectivity index (χ4v) is 3.30. The lowest BCUT2D eigenvalue weighted by Crippen LogP contribution is -2.39. The number of ether oxygens (including phenoxy) is 1. The Morgan fingerprint density at radius 3 is 2.67 bits per heavy atom. The molecule has 140 valence electrons. The van der Waals surface area contributed by atoms with E-state index in [1.54, 1.807) is 13.0 Å². The summed E-state index contributed by atoms with van der Waals surface area (Å²) in [6.45, 7) is 3.61. The van der Waals surface area contributed by atoms with Crippen LogP contribution >= 0.6 is 0 Å². The van der Waals surface area contributed by atoms with Gasteiger partial charge in [-0.25, -0.2) is 4.79 Å². The minimum atomic E-state index is -0.839. The Morgan fingerprint density at radius 1 is 1.15 bits per heavy atom. The highest BCUT2D eigenvalue weighted by atomic mass is 16.5. The zero-order chi connectivity index (χ0) is 19.2. The molecular weight excluding hydrogens is 338 g/mol. The van der Waals surface area contributed by atoms with Crippen molar-refractivity contribution in [3.63, 3.8) is 0 Å². The average Bonchev–Trinajstić information content (AvgIpc) is 2.68. The summed E-state index contributed by atoms with van der Waals surface area (Å²) in [4.78, 5) is 24.5. The number of aryl methyl sites for hydroxylation is 2. The third-order valence-corrected chi connectivity index (χ3v) is 4.84. The third-order valence-electron chi connectivity index (χ3n) is 4.84. The van der Waals surface area contributed by atoms with Gasteiger partial charge in [0.05, 0.1) is 6.04 Å². The molecule has 1 N–H and O–H groups in total. The number of carbonyl (C=O) groups excluding carboxylic acids is 2. The minimum Gasteiger partial charge on any atom is -0.449 e. The van der Waals surface area contributed by atoms with Gasteiger partial charge in [-0.2, -0.15) is 0 Å². The van der Waals surface area contributed by atoms with Gasteiger partial charge in [0.1, 0.15) is 0 Å². The van der Waals surface area contributed by atoms with Crippen LogP contribution in [0.4, 0.5) is 0 Å². The minimum absolute atomic E-state index is 0.0216. The van der Waals surface area contributed by atoms with E-state index in [0.29, 0.717) is 0 Å². The molecule has 4 nitrogen and oxygen atoms in total. The maximum Gasteiger partial charge on any atom is 0.331 e. The number of hydrogen-bond donors (Lipinski definition) is 1. The first-order valence-electron chi connectivity index (χ1n) is 9.36. The zero-order valence-corrected chi connectivity index (χ0v) is 15.8. The molecule has 2 aromatic carbocycles. The van der Waals surface area contributed by atoms with E-state index >= 15 is 0 Å². The van der Waals surface area contributed by atoms with Crippen molar-refractivity contribution < 1.29 is 14.3 Å². The van der Waals surface area contributed by atoms with E-state index in [-0.39, 0.29) is 11.9 Å². The molecule has 0 unspecified atom stereocenters.